The zero-order valence-corrected chi connectivity index (χ0v) is 20.1. The molecular weight excluding hydrogens is 500 g/mol. The van der Waals surface area contributed by atoms with Crippen LogP contribution in [0.1, 0.15) is 21.5 Å². The Hall–Kier alpha value is -3.91. The summed E-state index contributed by atoms with van der Waals surface area (Å²) in [5, 5.41) is 3.95. The number of carbonyl (C=O) groups is 2. The van der Waals surface area contributed by atoms with Gasteiger partial charge < -0.3 is 14.2 Å². The molecule has 0 heterocycles. The fraction of sp³-hybridized carbons (Fsp3) is 0.115. The van der Waals surface area contributed by atoms with Crippen LogP contribution in [0.4, 0.5) is 0 Å². The molecule has 0 aromatic heterocycles. The Morgan fingerprint density at radius 1 is 1.03 bits per heavy atom. The van der Waals surface area contributed by atoms with Gasteiger partial charge in [0.25, 0.3) is 5.91 Å². The first-order valence-corrected chi connectivity index (χ1v) is 11.1. The van der Waals surface area contributed by atoms with E-state index in [4.69, 9.17) is 14.2 Å². The molecule has 3 rings (SSSR count). The maximum absolute atomic E-state index is 12.4. The van der Waals surface area contributed by atoms with Crippen LogP contribution in [0.3, 0.4) is 0 Å². The van der Waals surface area contributed by atoms with E-state index in [9.17, 15) is 9.59 Å². The smallest absolute Gasteiger partial charge is 0.343 e. The van der Waals surface area contributed by atoms with E-state index in [0.29, 0.717) is 29.0 Å². The summed E-state index contributed by atoms with van der Waals surface area (Å²) in [6.45, 7) is 3.54. The number of hydrogen-bond donors (Lipinski definition) is 1. The first kappa shape index (κ1) is 24.7. The van der Waals surface area contributed by atoms with Crippen molar-refractivity contribution in [2.75, 3.05) is 13.7 Å². The van der Waals surface area contributed by atoms with Gasteiger partial charge in [0.2, 0.25) is 0 Å². The number of allylic oxidation sites excluding steroid dienone is 1. The van der Waals surface area contributed by atoms with Crippen molar-refractivity contribution in [2.24, 2.45) is 5.10 Å². The molecule has 1 N–H and O–H groups in total. The average Bonchev–Trinajstić information content (AvgIpc) is 2.84. The molecule has 0 fully saturated rings. The predicted octanol–water partition coefficient (Wildman–Crippen LogP) is 4.93. The lowest BCUT2D eigenvalue weighted by atomic mass is 10.1. The highest BCUT2D eigenvalue weighted by Gasteiger charge is 2.13. The van der Waals surface area contributed by atoms with Crippen LogP contribution in [0.25, 0.3) is 0 Å². The van der Waals surface area contributed by atoms with E-state index in [-0.39, 0.29) is 12.4 Å². The highest BCUT2D eigenvalue weighted by Crippen LogP contribution is 2.28. The van der Waals surface area contributed by atoms with E-state index in [1.807, 2.05) is 24.3 Å². The Morgan fingerprint density at radius 2 is 1.85 bits per heavy atom. The Labute approximate surface area is 206 Å². The molecule has 3 aromatic carbocycles. The molecule has 0 bridgehead atoms. The van der Waals surface area contributed by atoms with Crippen molar-refractivity contribution in [1.29, 1.82) is 0 Å². The zero-order valence-electron chi connectivity index (χ0n) is 18.5. The number of nitrogens with one attached hydrogen (secondary N) is 1. The molecule has 0 unspecified atom stereocenters. The summed E-state index contributed by atoms with van der Waals surface area (Å²) in [4.78, 5) is 24.5. The van der Waals surface area contributed by atoms with Crippen LogP contribution < -0.4 is 19.6 Å². The maximum atomic E-state index is 12.4. The largest absolute Gasteiger partial charge is 0.493 e. The summed E-state index contributed by atoms with van der Waals surface area (Å²) in [5.74, 6) is 0.319. The van der Waals surface area contributed by atoms with E-state index in [0.717, 1.165) is 10.0 Å². The molecule has 0 aliphatic rings. The molecule has 0 saturated carbocycles. The molecule has 0 aliphatic heterocycles. The van der Waals surface area contributed by atoms with Crippen molar-refractivity contribution in [3.05, 3.63) is 101 Å². The lowest BCUT2D eigenvalue weighted by Gasteiger charge is -2.10. The molecule has 0 aliphatic carbocycles. The standard InChI is InChI=1S/C26H23BrN2O5/c1-3-7-19-8-4-5-11-22(19)33-17-25(30)29-28-16-18-12-13-23(24(14-18)32-2)34-26(31)20-9-6-10-21(27)15-20/h3-6,8-16H,1,7,17H2,2H3,(H,29,30)/b28-16-. The number of rotatable bonds is 10. The summed E-state index contributed by atoms with van der Waals surface area (Å²) in [6.07, 6.45) is 3.87. The van der Waals surface area contributed by atoms with Gasteiger partial charge in [0, 0.05) is 4.47 Å². The van der Waals surface area contributed by atoms with Gasteiger partial charge in [-0.1, -0.05) is 46.3 Å². The molecule has 174 valence electrons. The second-order valence-corrected chi connectivity index (χ2v) is 7.91. The molecule has 1 amide bonds. The fourth-order valence-electron chi connectivity index (χ4n) is 2.95. The van der Waals surface area contributed by atoms with Crippen LogP contribution in [-0.2, 0) is 11.2 Å². The number of halogens is 1. The number of para-hydroxylation sites is 1. The summed E-state index contributed by atoms with van der Waals surface area (Å²) < 4.78 is 17.1. The number of amides is 1. The van der Waals surface area contributed by atoms with Crippen molar-refractivity contribution in [2.45, 2.75) is 6.42 Å². The van der Waals surface area contributed by atoms with Crippen LogP contribution in [0.2, 0.25) is 0 Å². The van der Waals surface area contributed by atoms with Gasteiger partial charge >= 0.3 is 5.97 Å². The fourth-order valence-corrected chi connectivity index (χ4v) is 3.35. The van der Waals surface area contributed by atoms with Gasteiger partial charge in [0.05, 0.1) is 18.9 Å². The van der Waals surface area contributed by atoms with Crippen LogP contribution in [0.15, 0.2) is 89.0 Å². The van der Waals surface area contributed by atoms with Crippen LogP contribution in [0, 0.1) is 0 Å². The second kappa shape index (κ2) is 12.4. The summed E-state index contributed by atoms with van der Waals surface area (Å²) in [5.41, 5.74) is 4.40. The molecule has 34 heavy (non-hydrogen) atoms. The number of benzene rings is 3. The predicted molar refractivity (Wildman–Crippen MR) is 134 cm³/mol. The first-order valence-electron chi connectivity index (χ1n) is 10.3. The quantitative estimate of drug-likeness (QED) is 0.134. The molecule has 8 heteroatoms. The number of esters is 1. The third-order valence-corrected chi connectivity index (χ3v) is 5.04. The van der Waals surface area contributed by atoms with Crippen LogP contribution >= 0.6 is 15.9 Å². The van der Waals surface area contributed by atoms with Crippen molar-refractivity contribution in [3.8, 4) is 17.2 Å². The minimum Gasteiger partial charge on any atom is -0.493 e. The average molecular weight is 523 g/mol. The van der Waals surface area contributed by atoms with Gasteiger partial charge in [-0.15, -0.1) is 6.58 Å². The summed E-state index contributed by atoms with van der Waals surface area (Å²) in [6, 6.07) is 19.3. The normalized spacial score (nSPS) is 10.5. The number of nitrogens with zero attached hydrogens (tertiary/aromatic N) is 1. The number of ether oxygens (including phenoxy) is 3. The zero-order chi connectivity index (χ0) is 24.3. The molecule has 0 spiro atoms. The van der Waals surface area contributed by atoms with E-state index < -0.39 is 11.9 Å². The molecule has 0 saturated heterocycles. The maximum Gasteiger partial charge on any atom is 0.343 e. The Bertz CT molecular complexity index is 1210. The minimum absolute atomic E-state index is 0.181. The number of methoxy groups -OCH3 is 1. The highest BCUT2D eigenvalue weighted by atomic mass is 79.9. The van der Waals surface area contributed by atoms with Gasteiger partial charge in [0.1, 0.15) is 5.75 Å². The van der Waals surface area contributed by atoms with E-state index >= 15 is 0 Å². The van der Waals surface area contributed by atoms with E-state index in [2.05, 4.69) is 33.0 Å². The van der Waals surface area contributed by atoms with Crippen LogP contribution in [0.5, 0.6) is 17.2 Å². The highest BCUT2D eigenvalue weighted by molar-refractivity contribution is 9.10. The van der Waals surface area contributed by atoms with Crippen molar-refractivity contribution in [3.63, 3.8) is 0 Å². The molecule has 7 nitrogen and oxygen atoms in total. The first-order chi connectivity index (χ1) is 16.5. The van der Waals surface area contributed by atoms with Crippen molar-refractivity contribution < 1.29 is 23.8 Å². The van der Waals surface area contributed by atoms with E-state index in [1.54, 1.807) is 48.5 Å². The summed E-state index contributed by atoms with van der Waals surface area (Å²) in [7, 11) is 1.47. The monoisotopic (exact) mass is 522 g/mol. The molecule has 0 radical (unpaired) electrons. The van der Waals surface area contributed by atoms with Gasteiger partial charge in [0.15, 0.2) is 18.1 Å². The Kier molecular flexibility index (Phi) is 8.99. The third-order valence-electron chi connectivity index (χ3n) is 4.55. The number of carbonyl (C=O) groups excluding carboxylic acids is 2. The van der Waals surface area contributed by atoms with E-state index in [1.165, 1.54) is 13.3 Å². The number of hydrogen-bond acceptors (Lipinski definition) is 6. The topological polar surface area (TPSA) is 86.2 Å². The van der Waals surface area contributed by atoms with Gasteiger partial charge in [-0.3, -0.25) is 4.79 Å². The molecule has 0 atom stereocenters. The Morgan fingerprint density at radius 3 is 2.62 bits per heavy atom. The second-order valence-electron chi connectivity index (χ2n) is 6.99. The lowest BCUT2D eigenvalue weighted by molar-refractivity contribution is -0.123. The van der Waals surface area contributed by atoms with Gasteiger partial charge in [-0.2, -0.15) is 5.10 Å². The van der Waals surface area contributed by atoms with Gasteiger partial charge in [-0.25, -0.2) is 10.2 Å². The summed E-state index contributed by atoms with van der Waals surface area (Å²) >= 11 is 3.33. The van der Waals surface area contributed by atoms with Gasteiger partial charge in [-0.05, 0) is 60.0 Å². The molecular formula is C26H23BrN2O5. The van der Waals surface area contributed by atoms with Crippen molar-refractivity contribution >= 4 is 34.0 Å². The number of hydrazone groups is 1. The third kappa shape index (κ3) is 7.05. The van der Waals surface area contributed by atoms with Crippen LogP contribution in [-0.4, -0.2) is 31.8 Å². The minimum atomic E-state index is -0.511. The van der Waals surface area contributed by atoms with Crippen molar-refractivity contribution in [1.82, 2.24) is 5.43 Å². The SMILES string of the molecule is C=CCc1ccccc1OCC(=O)N/N=C\c1ccc(OC(=O)c2cccc(Br)c2)c(OC)c1. The molecule has 3 aromatic rings. The Balaban J connectivity index is 1.57. The lowest BCUT2D eigenvalue weighted by Crippen LogP contribution is -2.24.